The molecule has 1 atom stereocenters. The number of rotatable bonds is 5. The van der Waals surface area contributed by atoms with Crippen molar-refractivity contribution in [1.82, 2.24) is 4.90 Å². The second-order valence-corrected chi connectivity index (χ2v) is 6.19. The van der Waals surface area contributed by atoms with E-state index in [-0.39, 0.29) is 11.4 Å². The van der Waals surface area contributed by atoms with Crippen LogP contribution in [0.4, 0.5) is 0 Å². The van der Waals surface area contributed by atoms with Crippen LogP contribution in [0, 0.1) is 5.41 Å². The predicted octanol–water partition coefficient (Wildman–Crippen LogP) is 1.78. The number of hydrogen-bond donors (Lipinski definition) is 1. The molecule has 1 saturated heterocycles. The van der Waals surface area contributed by atoms with E-state index >= 15 is 0 Å². The average Bonchev–Trinajstić information content (AvgIpc) is 2.55. The fourth-order valence-electron chi connectivity index (χ4n) is 2.79. The van der Waals surface area contributed by atoms with Crippen LogP contribution in [0.25, 0.3) is 0 Å². The highest BCUT2D eigenvalue weighted by atomic mass is 16.5. The van der Waals surface area contributed by atoms with E-state index in [2.05, 4.69) is 18.7 Å². The third-order valence-corrected chi connectivity index (χ3v) is 3.63. The van der Waals surface area contributed by atoms with Crippen LogP contribution in [-0.4, -0.2) is 43.7 Å². The number of carbonyl (C=O) groups is 1. The maximum atomic E-state index is 11.4. The van der Waals surface area contributed by atoms with Gasteiger partial charge in [-0.15, -0.1) is 0 Å². The van der Waals surface area contributed by atoms with Crippen LogP contribution >= 0.6 is 0 Å². The smallest absolute Gasteiger partial charge is 0.322 e. The zero-order valence-corrected chi connectivity index (χ0v) is 12.1. The molecule has 0 saturated carbocycles. The van der Waals surface area contributed by atoms with Crippen LogP contribution in [0.1, 0.15) is 46.0 Å². The summed E-state index contributed by atoms with van der Waals surface area (Å²) in [5.74, 6) is -0.307. The molecule has 1 heterocycles. The highest BCUT2D eigenvalue weighted by Gasteiger charge is 2.28. The van der Waals surface area contributed by atoms with Gasteiger partial charge in [-0.25, -0.2) is 0 Å². The van der Waals surface area contributed by atoms with E-state index in [9.17, 15) is 4.79 Å². The Bertz CT molecular complexity index is 259. The van der Waals surface area contributed by atoms with Gasteiger partial charge in [0.1, 0.15) is 6.04 Å². The number of hydrogen-bond acceptors (Lipinski definition) is 4. The Kier molecular flexibility index (Phi) is 6.09. The van der Waals surface area contributed by atoms with Gasteiger partial charge in [0.15, 0.2) is 0 Å². The molecule has 106 valence electrons. The molecule has 1 unspecified atom stereocenters. The molecule has 1 rings (SSSR count). The molecule has 0 aromatic carbocycles. The van der Waals surface area contributed by atoms with Gasteiger partial charge in [-0.3, -0.25) is 4.79 Å². The standard InChI is InChI=1S/C14H28N2O2/c1-14(2,10-12(15)13(17)18-3)11-16-8-6-4-5-7-9-16/h12H,4-11,15H2,1-3H3. The van der Waals surface area contributed by atoms with E-state index in [0.717, 1.165) is 6.54 Å². The second-order valence-electron chi connectivity index (χ2n) is 6.19. The van der Waals surface area contributed by atoms with Crippen molar-refractivity contribution in [3.63, 3.8) is 0 Å². The first kappa shape index (κ1) is 15.4. The Morgan fingerprint density at radius 3 is 2.33 bits per heavy atom. The Hall–Kier alpha value is -0.610. The Labute approximate surface area is 111 Å². The molecule has 4 heteroatoms. The zero-order valence-electron chi connectivity index (χ0n) is 12.1. The molecule has 0 spiro atoms. The molecule has 18 heavy (non-hydrogen) atoms. The van der Waals surface area contributed by atoms with Crippen molar-refractivity contribution < 1.29 is 9.53 Å². The van der Waals surface area contributed by atoms with Crippen molar-refractivity contribution in [2.45, 2.75) is 52.0 Å². The Morgan fingerprint density at radius 1 is 1.28 bits per heavy atom. The third kappa shape index (κ3) is 5.36. The minimum atomic E-state index is -0.503. The summed E-state index contributed by atoms with van der Waals surface area (Å²) < 4.78 is 4.69. The molecule has 0 aliphatic carbocycles. The first-order valence-electron chi connectivity index (χ1n) is 7.00. The maximum Gasteiger partial charge on any atom is 0.322 e. The van der Waals surface area contributed by atoms with Crippen molar-refractivity contribution in [3.8, 4) is 0 Å². The molecule has 0 aromatic rings. The van der Waals surface area contributed by atoms with Gasteiger partial charge in [-0.05, 0) is 37.8 Å². The van der Waals surface area contributed by atoms with E-state index < -0.39 is 6.04 Å². The van der Waals surface area contributed by atoms with E-state index in [1.54, 1.807) is 0 Å². The molecule has 4 nitrogen and oxygen atoms in total. The summed E-state index contributed by atoms with van der Waals surface area (Å²) in [5.41, 5.74) is 5.91. The van der Waals surface area contributed by atoms with Crippen LogP contribution in [-0.2, 0) is 9.53 Å². The number of likely N-dealkylation sites (tertiary alicyclic amines) is 1. The SMILES string of the molecule is COC(=O)C(N)CC(C)(C)CN1CCCCCC1. The van der Waals surface area contributed by atoms with Crippen LogP contribution in [0.2, 0.25) is 0 Å². The van der Waals surface area contributed by atoms with Crippen molar-refractivity contribution in [2.75, 3.05) is 26.7 Å². The van der Waals surface area contributed by atoms with Gasteiger partial charge in [0.25, 0.3) is 0 Å². The summed E-state index contributed by atoms with van der Waals surface area (Å²) in [7, 11) is 1.39. The van der Waals surface area contributed by atoms with Gasteiger partial charge >= 0.3 is 5.97 Å². The lowest BCUT2D eigenvalue weighted by atomic mass is 9.85. The number of esters is 1. The van der Waals surface area contributed by atoms with Gasteiger partial charge in [-0.1, -0.05) is 26.7 Å². The van der Waals surface area contributed by atoms with Crippen molar-refractivity contribution >= 4 is 5.97 Å². The summed E-state index contributed by atoms with van der Waals surface area (Å²) in [6, 6.07) is -0.503. The minimum absolute atomic E-state index is 0.0535. The Morgan fingerprint density at radius 2 is 1.83 bits per heavy atom. The number of nitrogens with two attached hydrogens (primary N) is 1. The van der Waals surface area contributed by atoms with E-state index in [1.165, 1.54) is 45.9 Å². The largest absolute Gasteiger partial charge is 0.468 e. The number of carbonyl (C=O) groups excluding carboxylic acids is 1. The quantitative estimate of drug-likeness (QED) is 0.762. The predicted molar refractivity (Wildman–Crippen MR) is 73.3 cm³/mol. The van der Waals surface area contributed by atoms with Crippen molar-refractivity contribution in [3.05, 3.63) is 0 Å². The number of ether oxygens (including phenoxy) is 1. The van der Waals surface area contributed by atoms with E-state index in [4.69, 9.17) is 10.5 Å². The van der Waals surface area contributed by atoms with Crippen LogP contribution < -0.4 is 5.73 Å². The molecule has 0 aromatic heterocycles. The molecule has 0 bridgehead atoms. The van der Waals surface area contributed by atoms with Gasteiger partial charge in [0, 0.05) is 6.54 Å². The molecule has 0 amide bonds. The first-order valence-corrected chi connectivity index (χ1v) is 7.00. The highest BCUT2D eigenvalue weighted by Crippen LogP contribution is 2.25. The van der Waals surface area contributed by atoms with E-state index in [0.29, 0.717) is 6.42 Å². The number of nitrogens with zero attached hydrogens (tertiary/aromatic N) is 1. The summed E-state index contributed by atoms with van der Waals surface area (Å²) in [5, 5.41) is 0. The summed E-state index contributed by atoms with van der Waals surface area (Å²) in [4.78, 5) is 13.9. The maximum absolute atomic E-state index is 11.4. The van der Waals surface area contributed by atoms with Gasteiger partial charge < -0.3 is 15.4 Å². The molecule has 0 radical (unpaired) electrons. The van der Waals surface area contributed by atoms with E-state index in [1.807, 2.05) is 0 Å². The third-order valence-electron chi connectivity index (χ3n) is 3.63. The summed E-state index contributed by atoms with van der Waals surface area (Å²) in [6.07, 6.45) is 5.95. The second kappa shape index (κ2) is 7.10. The first-order chi connectivity index (χ1) is 8.44. The summed E-state index contributed by atoms with van der Waals surface area (Å²) in [6.45, 7) is 7.73. The molecule has 1 fully saturated rings. The topological polar surface area (TPSA) is 55.6 Å². The molecule has 1 aliphatic heterocycles. The fraction of sp³-hybridized carbons (Fsp3) is 0.929. The van der Waals surface area contributed by atoms with Crippen LogP contribution in [0.3, 0.4) is 0 Å². The monoisotopic (exact) mass is 256 g/mol. The van der Waals surface area contributed by atoms with Gasteiger partial charge in [0.2, 0.25) is 0 Å². The van der Waals surface area contributed by atoms with Gasteiger partial charge in [0.05, 0.1) is 7.11 Å². The minimum Gasteiger partial charge on any atom is -0.468 e. The molecular formula is C14H28N2O2. The summed E-state index contributed by atoms with van der Waals surface area (Å²) >= 11 is 0. The lowest BCUT2D eigenvalue weighted by molar-refractivity contribution is -0.143. The van der Waals surface area contributed by atoms with Crippen molar-refractivity contribution in [2.24, 2.45) is 11.1 Å². The number of methoxy groups -OCH3 is 1. The molecular weight excluding hydrogens is 228 g/mol. The highest BCUT2D eigenvalue weighted by molar-refractivity contribution is 5.75. The van der Waals surface area contributed by atoms with Gasteiger partial charge in [-0.2, -0.15) is 0 Å². The fourth-order valence-corrected chi connectivity index (χ4v) is 2.79. The molecule has 1 aliphatic rings. The lowest BCUT2D eigenvalue weighted by Crippen LogP contribution is -2.41. The van der Waals surface area contributed by atoms with Crippen molar-refractivity contribution in [1.29, 1.82) is 0 Å². The average molecular weight is 256 g/mol. The zero-order chi connectivity index (χ0) is 13.6. The molecule has 2 N–H and O–H groups in total. The Balaban J connectivity index is 2.44. The van der Waals surface area contributed by atoms with Crippen LogP contribution in [0.15, 0.2) is 0 Å². The van der Waals surface area contributed by atoms with Crippen LogP contribution in [0.5, 0.6) is 0 Å². The normalized spacial score (nSPS) is 20.2. The lowest BCUT2D eigenvalue weighted by Gasteiger charge is -2.33.